The number of rotatable bonds is 6. The summed E-state index contributed by atoms with van der Waals surface area (Å²) in [4.78, 5) is 34.6. The molecule has 2 amide bonds. The fourth-order valence-corrected chi connectivity index (χ4v) is 2.38. The largest absolute Gasteiger partial charge is 0.326 e. The molecule has 8 heteroatoms. The molecule has 2 aromatic carbocycles. The van der Waals surface area contributed by atoms with Crippen LogP contribution in [0, 0.1) is 24.0 Å². The van der Waals surface area contributed by atoms with E-state index in [-0.39, 0.29) is 23.6 Å². The van der Waals surface area contributed by atoms with Crippen molar-refractivity contribution in [3.63, 3.8) is 0 Å². The van der Waals surface area contributed by atoms with Gasteiger partial charge in [-0.3, -0.25) is 19.7 Å². The molecule has 0 saturated carbocycles. The van der Waals surface area contributed by atoms with Gasteiger partial charge in [-0.1, -0.05) is 24.3 Å². The highest BCUT2D eigenvalue weighted by molar-refractivity contribution is 6.06. The van der Waals surface area contributed by atoms with Crippen LogP contribution >= 0.6 is 0 Å². The number of nitro benzene ring substituents is 1. The summed E-state index contributed by atoms with van der Waals surface area (Å²) in [5.41, 5.74) is 4.97. The van der Waals surface area contributed by atoms with Crippen molar-refractivity contribution in [2.24, 2.45) is 5.10 Å². The van der Waals surface area contributed by atoms with E-state index in [4.69, 9.17) is 0 Å². The van der Waals surface area contributed by atoms with Gasteiger partial charge >= 0.3 is 0 Å². The number of amides is 2. The van der Waals surface area contributed by atoms with Crippen LogP contribution in [-0.2, 0) is 4.79 Å². The van der Waals surface area contributed by atoms with E-state index in [2.05, 4.69) is 15.8 Å². The molecule has 8 nitrogen and oxygen atoms in total. The molecule has 0 aliphatic carbocycles. The third-order valence-corrected chi connectivity index (χ3v) is 3.99. The minimum Gasteiger partial charge on any atom is -0.326 e. The molecule has 2 N–H and O–H groups in total. The number of hydrogen-bond donors (Lipinski definition) is 2. The second-order valence-electron chi connectivity index (χ2n) is 6.03. The van der Waals surface area contributed by atoms with Crippen LogP contribution in [0.3, 0.4) is 0 Å². The van der Waals surface area contributed by atoms with Crippen molar-refractivity contribution in [2.45, 2.75) is 27.2 Å². The summed E-state index contributed by atoms with van der Waals surface area (Å²) in [7, 11) is 0. The van der Waals surface area contributed by atoms with Gasteiger partial charge in [0.25, 0.3) is 11.6 Å². The highest BCUT2D eigenvalue weighted by Crippen LogP contribution is 2.18. The van der Waals surface area contributed by atoms with Gasteiger partial charge in [-0.25, -0.2) is 5.43 Å². The molecule has 140 valence electrons. The number of nitrogens with one attached hydrogen (secondary N) is 2. The van der Waals surface area contributed by atoms with Gasteiger partial charge in [0.1, 0.15) is 5.56 Å². The zero-order valence-corrected chi connectivity index (χ0v) is 15.3. The quantitative estimate of drug-likeness (QED) is 0.462. The summed E-state index contributed by atoms with van der Waals surface area (Å²) in [5, 5.41) is 17.6. The molecule has 0 spiro atoms. The number of nitrogens with zero attached hydrogens (tertiary/aromatic N) is 2. The Morgan fingerprint density at radius 3 is 2.52 bits per heavy atom. The highest BCUT2D eigenvalue weighted by Gasteiger charge is 2.18. The number of hydrazone groups is 1. The second kappa shape index (κ2) is 8.70. The molecule has 2 rings (SSSR count). The first-order valence-electron chi connectivity index (χ1n) is 8.22. The summed E-state index contributed by atoms with van der Waals surface area (Å²) >= 11 is 0. The zero-order chi connectivity index (χ0) is 20.0. The first kappa shape index (κ1) is 19.8. The number of anilines is 1. The SMILES string of the molecule is C/C(CC(=O)Nc1cccc(C)c1C)=N\NC(=O)c1ccccc1[N+](=O)[O-]. The summed E-state index contributed by atoms with van der Waals surface area (Å²) in [5.74, 6) is -0.985. The van der Waals surface area contributed by atoms with Crippen LogP contribution in [0.2, 0.25) is 0 Å². The normalized spacial score (nSPS) is 11.0. The molecule has 27 heavy (non-hydrogen) atoms. The first-order chi connectivity index (χ1) is 12.8. The molecule has 0 bridgehead atoms. The Bertz CT molecular complexity index is 922. The van der Waals surface area contributed by atoms with Crippen LogP contribution in [0.4, 0.5) is 11.4 Å². The monoisotopic (exact) mass is 368 g/mol. The van der Waals surface area contributed by atoms with Gasteiger partial charge < -0.3 is 5.32 Å². The molecule has 0 aromatic heterocycles. The average Bonchev–Trinajstić information content (AvgIpc) is 2.63. The van der Waals surface area contributed by atoms with Gasteiger partial charge in [-0.2, -0.15) is 5.10 Å². The van der Waals surface area contributed by atoms with E-state index in [1.807, 2.05) is 32.0 Å². The summed E-state index contributed by atoms with van der Waals surface area (Å²) in [6, 6.07) is 11.2. The second-order valence-corrected chi connectivity index (χ2v) is 6.03. The lowest BCUT2D eigenvalue weighted by atomic mass is 10.1. The topological polar surface area (TPSA) is 114 Å². The van der Waals surface area contributed by atoms with Crippen molar-refractivity contribution in [1.29, 1.82) is 0 Å². The lowest BCUT2D eigenvalue weighted by Gasteiger charge is -2.10. The van der Waals surface area contributed by atoms with Crippen molar-refractivity contribution in [1.82, 2.24) is 5.43 Å². The van der Waals surface area contributed by atoms with E-state index in [0.717, 1.165) is 16.8 Å². The maximum absolute atomic E-state index is 12.2. The summed E-state index contributed by atoms with van der Waals surface area (Å²) < 4.78 is 0. The molecule has 0 aliphatic heterocycles. The van der Waals surface area contributed by atoms with Gasteiger partial charge in [-0.05, 0) is 44.0 Å². The van der Waals surface area contributed by atoms with E-state index < -0.39 is 10.8 Å². The van der Waals surface area contributed by atoms with Crippen LogP contribution in [0.15, 0.2) is 47.6 Å². The Labute approximate surface area is 156 Å². The molecule has 0 fully saturated rings. The Morgan fingerprint density at radius 1 is 1.11 bits per heavy atom. The molecule has 0 atom stereocenters. The number of aryl methyl sites for hydroxylation is 1. The predicted octanol–water partition coefficient (Wildman–Crippen LogP) is 3.35. The van der Waals surface area contributed by atoms with Crippen molar-refractivity contribution in [2.75, 3.05) is 5.32 Å². The van der Waals surface area contributed by atoms with E-state index in [1.54, 1.807) is 6.92 Å². The predicted molar refractivity (Wildman–Crippen MR) is 103 cm³/mol. The maximum Gasteiger partial charge on any atom is 0.282 e. The Balaban J connectivity index is 2.00. The molecule has 2 aromatic rings. The Kier molecular flexibility index (Phi) is 6.37. The maximum atomic E-state index is 12.2. The molecular formula is C19H20N4O4. The van der Waals surface area contributed by atoms with E-state index in [1.165, 1.54) is 24.3 Å². The molecular weight excluding hydrogens is 348 g/mol. The number of hydrogen-bond acceptors (Lipinski definition) is 5. The Hall–Kier alpha value is -3.55. The molecule has 0 heterocycles. The molecule has 0 unspecified atom stereocenters. The minimum atomic E-state index is -0.711. The third-order valence-electron chi connectivity index (χ3n) is 3.99. The van der Waals surface area contributed by atoms with Crippen LogP contribution in [0.5, 0.6) is 0 Å². The zero-order valence-electron chi connectivity index (χ0n) is 15.3. The van der Waals surface area contributed by atoms with E-state index in [0.29, 0.717) is 5.71 Å². The smallest absolute Gasteiger partial charge is 0.282 e. The minimum absolute atomic E-state index is 0.0233. The van der Waals surface area contributed by atoms with E-state index >= 15 is 0 Å². The van der Waals surface area contributed by atoms with Crippen LogP contribution in [-0.4, -0.2) is 22.4 Å². The first-order valence-corrected chi connectivity index (χ1v) is 8.22. The number of carbonyl (C=O) groups is 2. The average molecular weight is 368 g/mol. The number of benzene rings is 2. The van der Waals surface area contributed by atoms with Crippen LogP contribution in [0.25, 0.3) is 0 Å². The van der Waals surface area contributed by atoms with Crippen LogP contribution < -0.4 is 10.7 Å². The van der Waals surface area contributed by atoms with Gasteiger partial charge in [-0.15, -0.1) is 0 Å². The van der Waals surface area contributed by atoms with Crippen LogP contribution in [0.1, 0.15) is 34.8 Å². The fourth-order valence-electron chi connectivity index (χ4n) is 2.38. The van der Waals surface area contributed by atoms with Crippen molar-refractivity contribution >= 4 is 28.9 Å². The van der Waals surface area contributed by atoms with Gasteiger partial charge in [0.15, 0.2) is 0 Å². The van der Waals surface area contributed by atoms with Gasteiger partial charge in [0.05, 0.1) is 11.3 Å². The standard InChI is InChI=1S/C19H20N4O4/c1-12-7-6-9-16(14(12)3)20-18(24)11-13(2)21-22-19(25)15-8-4-5-10-17(15)23(26)27/h4-10H,11H2,1-3H3,(H,20,24)(H,22,25)/b21-13+. The third kappa shape index (κ3) is 5.21. The molecule has 0 radical (unpaired) electrons. The lowest BCUT2D eigenvalue weighted by Crippen LogP contribution is -2.22. The number of nitro groups is 1. The fraction of sp³-hybridized carbons (Fsp3) is 0.211. The molecule has 0 saturated heterocycles. The molecule has 0 aliphatic rings. The Morgan fingerprint density at radius 2 is 1.81 bits per heavy atom. The van der Waals surface area contributed by atoms with E-state index in [9.17, 15) is 19.7 Å². The van der Waals surface area contributed by atoms with Gasteiger partial charge in [0.2, 0.25) is 5.91 Å². The van der Waals surface area contributed by atoms with Crippen molar-refractivity contribution < 1.29 is 14.5 Å². The highest BCUT2D eigenvalue weighted by atomic mass is 16.6. The summed E-state index contributed by atoms with van der Waals surface area (Å²) in [6.45, 7) is 5.46. The lowest BCUT2D eigenvalue weighted by molar-refractivity contribution is -0.385. The van der Waals surface area contributed by atoms with Gasteiger partial charge in [0, 0.05) is 17.5 Å². The van der Waals surface area contributed by atoms with Crippen molar-refractivity contribution in [3.05, 3.63) is 69.3 Å². The number of carbonyl (C=O) groups excluding carboxylic acids is 2. The van der Waals surface area contributed by atoms with Crippen molar-refractivity contribution in [3.8, 4) is 0 Å². The number of para-hydroxylation sites is 1. The summed E-state index contributed by atoms with van der Waals surface area (Å²) in [6.07, 6.45) is -0.0233.